The van der Waals surface area contributed by atoms with E-state index in [1.807, 2.05) is 6.08 Å². The van der Waals surface area contributed by atoms with Crippen LogP contribution in [0.4, 0.5) is 0 Å². The van der Waals surface area contributed by atoms with Crippen molar-refractivity contribution in [3.05, 3.63) is 48.0 Å². The van der Waals surface area contributed by atoms with Gasteiger partial charge in [-0.15, -0.1) is 6.58 Å². The fourth-order valence-corrected chi connectivity index (χ4v) is 11.4. The lowest BCUT2D eigenvalue weighted by Crippen LogP contribution is -2.47. The fraction of sp³-hybridized carbons (Fsp3) is 0.736. The van der Waals surface area contributed by atoms with E-state index in [-0.39, 0.29) is 30.2 Å². The number of rotatable bonds is 18. The van der Waals surface area contributed by atoms with Gasteiger partial charge in [0.1, 0.15) is 23.0 Å². The van der Waals surface area contributed by atoms with Crippen molar-refractivity contribution in [1.29, 1.82) is 0 Å². The zero-order valence-corrected chi connectivity index (χ0v) is 54.6. The molecule has 0 aromatic heterocycles. The summed E-state index contributed by atoms with van der Waals surface area (Å²) in [5.74, 6) is 4.67. The molecule has 0 aliphatic heterocycles. The Kier molecular flexibility index (Phi) is 18.1. The minimum absolute atomic E-state index is 0.0264. The summed E-state index contributed by atoms with van der Waals surface area (Å²) in [6.07, 6.45) is 2.00. The molecule has 2 rings (SSSR count). The quantitative estimate of drug-likeness (QED) is 0.109. The van der Waals surface area contributed by atoms with Crippen LogP contribution in [-0.4, -0.2) is 61.3 Å². The summed E-state index contributed by atoms with van der Waals surface area (Å²) in [5.41, 5.74) is 2.21. The summed E-state index contributed by atoms with van der Waals surface area (Å²) >= 11 is 0. The predicted molar refractivity (Wildman–Crippen MR) is 304 cm³/mol. The normalized spacial score (nSPS) is 14.6. The maximum Gasteiger partial charge on any atom is 0.250 e. The molecule has 0 bridgehead atoms. The van der Waals surface area contributed by atoms with Gasteiger partial charge in [0, 0.05) is 19.6 Å². The van der Waals surface area contributed by atoms with E-state index in [1.54, 1.807) is 0 Å². The van der Waals surface area contributed by atoms with Crippen molar-refractivity contribution in [2.24, 2.45) is 0 Å². The van der Waals surface area contributed by atoms with Crippen molar-refractivity contribution in [3.63, 3.8) is 0 Å². The van der Waals surface area contributed by atoms with Gasteiger partial charge in [0.05, 0.1) is 0 Å². The lowest BCUT2D eigenvalue weighted by atomic mass is 10.1. The molecule has 380 valence electrons. The van der Waals surface area contributed by atoms with Crippen LogP contribution < -0.4 is 26.6 Å². The number of nitrogens with zero attached hydrogens (tertiary/aromatic N) is 1. The topological polar surface area (TPSA) is 58.6 Å². The predicted octanol–water partition coefficient (Wildman–Crippen LogP) is 18.2. The van der Waals surface area contributed by atoms with Gasteiger partial charge in [-0.05, 0) is 144 Å². The molecule has 0 amide bonds. The van der Waals surface area contributed by atoms with E-state index in [0.717, 1.165) is 45.6 Å². The second-order valence-corrected chi connectivity index (χ2v) is 56.8. The van der Waals surface area contributed by atoms with E-state index < -0.39 is 49.9 Å². The summed E-state index contributed by atoms with van der Waals surface area (Å²) in [6.45, 7) is 75.3. The molecule has 0 N–H and O–H groups in total. The average molecular weight is 1020 g/mol. The molecular formula is C53H103NO6Si6. The molecule has 0 saturated heterocycles. The fourth-order valence-electron chi connectivity index (χ4n) is 5.36. The molecular weight excluding hydrogens is 915 g/mol. The van der Waals surface area contributed by atoms with Crippen LogP contribution in [0, 0.1) is 0 Å². The first-order chi connectivity index (χ1) is 28.9. The van der Waals surface area contributed by atoms with Gasteiger partial charge in [-0.25, -0.2) is 0 Å². The van der Waals surface area contributed by atoms with Gasteiger partial charge in [0.2, 0.25) is 0 Å². The molecule has 0 saturated carbocycles. The maximum atomic E-state index is 7.35. The Morgan fingerprint density at radius 1 is 0.364 bits per heavy atom. The zero-order chi connectivity index (χ0) is 52.1. The highest BCUT2D eigenvalue weighted by Crippen LogP contribution is 2.52. The number of benzene rings is 2. The SMILES string of the molecule is C=CCN(Cc1cc(O[Si](C)(C)C(C)(C)C)c(O[Si](C)(C)C(C)(C)C)c(O[Si](C)(C)C(C)(C)C)c1)Cc1cc(O[Si](C)(C)C(C)(C)C)c(O[Si](C)(C)C(C)(C)C)c(O[Si](C)(C)C(C)(C)C)c1. The van der Waals surface area contributed by atoms with E-state index in [1.165, 1.54) is 0 Å². The first-order valence-corrected chi connectivity index (χ1v) is 42.2. The third-order valence-corrected chi connectivity index (χ3v) is 42.4. The van der Waals surface area contributed by atoms with Gasteiger partial charge >= 0.3 is 0 Å². The first-order valence-electron chi connectivity index (χ1n) is 24.7. The molecule has 66 heavy (non-hydrogen) atoms. The molecule has 7 nitrogen and oxygen atoms in total. The van der Waals surface area contributed by atoms with Crippen molar-refractivity contribution >= 4 is 49.9 Å². The van der Waals surface area contributed by atoms with E-state index in [0.29, 0.717) is 19.6 Å². The largest absolute Gasteiger partial charge is 0.541 e. The molecule has 0 unspecified atom stereocenters. The minimum Gasteiger partial charge on any atom is -0.541 e. The second kappa shape index (κ2) is 19.8. The zero-order valence-electron chi connectivity index (χ0n) is 48.6. The van der Waals surface area contributed by atoms with Crippen LogP contribution in [0.1, 0.15) is 136 Å². The molecule has 0 atom stereocenters. The van der Waals surface area contributed by atoms with Crippen LogP contribution in [0.15, 0.2) is 36.9 Å². The number of hydrogen-bond donors (Lipinski definition) is 0. The van der Waals surface area contributed by atoms with Crippen LogP contribution in [0.3, 0.4) is 0 Å². The van der Waals surface area contributed by atoms with Crippen LogP contribution >= 0.6 is 0 Å². The third-order valence-electron chi connectivity index (χ3n) is 16.4. The van der Waals surface area contributed by atoms with Crippen molar-refractivity contribution in [3.8, 4) is 34.5 Å². The molecule has 13 heteroatoms. The second-order valence-electron chi connectivity index (χ2n) is 28.5. The Morgan fingerprint density at radius 3 is 0.712 bits per heavy atom. The van der Waals surface area contributed by atoms with Gasteiger partial charge < -0.3 is 26.6 Å². The van der Waals surface area contributed by atoms with Crippen LogP contribution in [0.2, 0.25) is 109 Å². The van der Waals surface area contributed by atoms with Gasteiger partial charge in [0.25, 0.3) is 49.9 Å². The third kappa shape index (κ3) is 14.9. The van der Waals surface area contributed by atoms with Crippen molar-refractivity contribution in [2.75, 3.05) is 6.54 Å². The van der Waals surface area contributed by atoms with E-state index in [9.17, 15) is 0 Å². The molecule has 0 fully saturated rings. The van der Waals surface area contributed by atoms with E-state index in [2.05, 4.69) is 239 Å². The molecule has 0 radical (unpaired) electrons. The van der Waals surface area contributed by atoms with Gasteiger partial charge in [0.15, 0.2) is 11.5 Å². The van der Waals surface area contributed by atoms with Crippen molar-refractivity contribution < 1.29 is 26.6 Å². The average Bonchev–Trinajstić information content (AvgIpc) is 3.04. The summed E-state index contributed by atoms with van der Waals surface area (Å²) in [6, 6.07) is 8.97. The van der Waals surface area contributed by atoms with Crippen molar-refractivity contribution in [2.45, 2.75) is 247 Å². The maximum absolute atomic E-state index is 7.35. The Morgan fingerprint density at radius 2 is 0.545 bits per heavy atom. The standard InChI is InChI=1S/C53H103NO6Si6/c1-32-33-54(38-40-34-42(55-61(20,21)48(2,3)4)46(59-65(28,29)52(14,15)16)43(35-40)56-62(22,23)49(5,6)7)39-41-36-44(57-63(24,25)50(8,9)10)47(60-66(30,31)53(17,18)19)45(37-41)58-64(26,27)51(11,12)13/h32,34-37H,1,33,38-39H2,2-31H3. The highest BCUT2D eigenvalue weighted by Gasteiger charge is 2.47. The lowest BCUT2D eigenvalue weighted by molar-refractivity contribution is 0.284. The summed E-state index contributed by atoms with van der Waals surface area (Å²) in [4.78, 5) is 2.44. The van der Waals surface area contributed by atoms with Crippen LogP contribution in [0.25, 0.3) is 0 Å². The smallest absolute Gasteiger partial charge is 0.250 e. The van der Waals surface area contributed by atoms with Crippen LogP contribution in [0.5, 0.6) is 34.5 Å². The highest BCUT2D eigenvalue weighted by molar-refractivity contribution is 6.77. The van der Waals surface area contributed by atoms with Gasteiger partial charge in [-0.2, -0.15) is 0 Å². The monoisotopic (exact) mass is 1020 g/mol. The summed E-state index contributed by atoms with van der Waals surface area (Å²) in [7, 11) is -14.0. The Labute approximate surface area is 414 Å². The highest BCUT2D eigenvalue weighted by atomic mass is 28.4. The molecule has 0 aliphatic rings. The van der Waals surface area contributed by atoms with Gasteiger partial charge in [-0.3, -0.25) is 4.90 Å². The van der Waals surface area contributed by atoms with E-state index in [4.69, 9.17) is 26.6 Å². The first kappa shape index (κ1) is 60.4. The summed E-state index contributed by atoms with van der Waals surface area (Å²) in [5, 5.41) is -0.160. The molecule has 0 spiro atoms. The summed E-state index contributed by atoms with van der Waals surface area (Å²) < 4.78 is 44.1. The molecule has 0 heterocycles. The number of hydrogen-bond acceptors (Lipinski definition) is 7. The Bertz CT molecular complexity index is 1750. The van der Waals surface area contributed by atoms with Crippen LogP contribution in [-0.2, 0) is 13.1 Å². The van der Waals surface area contributed by atoms with Gasteiger partial charge in [-0.1, -0.05) is 131 Å². The molecule has 2 aromatic rings. The minimum atomic E-state index is -2.34. The molecule has 0 aliphatic carbocycles. The Hall–Kier alpha value is -1.76. The lowest BCUT2D eigenvalue weighted by Gasteiger charge is -2.42. The Balaban J connectivity index is 3.12. The van der Waals surface area contributed by atoms with E-state index >= 15 is 0 Å². The molecule has 2 aromatic carbocycles. The van der Waals surface area contributed by atoms with Crippen molar-refractivity contribution in [1.82, 2.24) is 4.90 Å².